The maximum absolute atomic E-state index is 12.5. The molecule has 0 aromatic carbocycles. The molecule has 0 spiro atoms. The molecule has 1 amide bonds. The van der Waals surface area contributed by atoms with Gasteiger partial charge < -0.3 is 9.64 Å². The molecule has 0 radical (unpaired) electrons. The summed E-state index contributed by atoms with van der Waals surface area (Å²) in [4.78, 5) is 29.2. The van der Waals surface area contributed by atoms with Gasteiger partial charge in [0.2, 0.25) is 0 Å². The maximum atomic E-state index is 12.5. The Morgan fingerprint density at radius 3 is 2.70 bits per heavy atom. The molecule has 1 aromatic rings. The molecular formula is C14H19ClN2O3. The van der Waals surface area contributed by atoms with Crippen molar-refractivity contribution in [3.8, 4) is 0 Å². The van der Waals surface area contributed by atoms with Crippen LogP contribution in [0.4, 0.5) is 0 Å². The second-order valence-corrected chi connectivity index (χ2v) is 5.23. The number of ether oxygens (including phenoxy) is 1. The number of hydrogen-bond acceptors (Lipinski definition) is 4. The average Bonchev–Trinajstić information content (AvgIpc) is 2.42. The lowest BCUT2D eigenvalue weighted by Crippen LogP contribution is -2.36. The molecule has 0 aliphatic carbocycles. The summed E-state index contributed by atoms with van der Waals surface area (Å²) in [5.74, 6) is -0.281. The predicted octanol–water partition coefficient (Wildman–Crippen LogP) is 2.40. The van der Waals surface area contributed by atoms with Crippen LogP contribution >= 0.6 is 11.6 Å². The Bertz CT molecular complexity index is 477. The van der Waals surface area contributed by atoms with E-state index in [-0.39, 0.29) is 24.2 Å². The van der Waals surface area contributed by atoms with Crippen molar-refractivity contribution in [1.29, 1.82) is 0 Å². The molecule has 5 nitrogen and oxygen atoms in total. The summed E-state index contributed by atoms with van der Waals surface area (Å²) in [5, 5.41) is 0.358. The fraction of sp³-hybridized carbons (Fsp3) is 0.500. The molecular weight excluding hydrogens is 280 g/mol. The van der Waals surface area contributed by atoms with E-state index in [1.54, 1.807) is 11.0 Å². The molecule has 0 aliphatic heterocycles. The predicted molar refractivity (Wildman–Crippen MR) is 76.6 cm³/mol. The monoisotopic (exact) mass is 298 g/mol. The van der Waals surface area contributed by atoms with Gasteiger partial charge in [-0.05, 0) is 12.0 Å². The third-order valence-corrected chi connectivity index (χ3v) is 3.01. The zero-order valence-electron chi connectivity index (χ0n) is 11.9. The number of rotatable bonds is 6. The number of nitrogens with zero attached hydrogens (tertiary/aromatic N) is 2. The molecule has 0 N–H and O–H groups in total. The van der Waals surface area contributed by atoms with Gasteiger partial charge in [0.1, 0.15) is 0 Å². The molecule has 1 aromatic heterocycles. The quantitative estimate of drug-likeness (QED) is 0.757. The summed E-state index contributed by atoms with van der Waals surface area (Å²) in [6, 6.07) is 1.57. The molecule has 0 unspecified atom stereocenters. The van der Waals surface area contributed by atoms with Crippen molar-refractivity contribution in [2.45, 2.75) is 20.3 Å². The van der Waals surface area contributed by atoms with Gasteiger partial charge in [-0.3, -0.25) is 14.6 Å². The first-order chi connectivity index (χ1) is 9.45. The fourth-order valence-electron chi connectivity index (χ4n) is 1.75. The summed E-state index contributed by atoms with van der Waals surface area (Å²) >= 11 is 6.01. The summed E-state index contributed by atoms with van der Waals surface area (Å²) in [6.45, 7) is 4.85. The van der Waals surface area contributed by atoms with Gasteiger partial charge in [-0.2, -0.15) is 0 Å². The lowest BCUT2D eigenvalue weighted by molar-refractivity contribution is -0.140. The number of carbonyl (C=O) groups is 2. The van der Waals surface area contributed by atoms with Crippen LogP contribution in [0.15, 0.2) is 18.5 Å². The lowest BCUT2D eigenvalue weighted by atomic mass is 10.1. The van der Waals surface area contributed by atoms with Gasteiger partial charge in [-0.25, -0.2) is 0 Å². The Morgan fingerprint density at radius 1 is 1.45 bits per heavy atom. The van der Waals surface area contributed by atoms with Gasteiger partial charge in [-0.1, -0.05) is 25.4 Å². The fourth-order valence-corrected chi connectivity index (χ4v) is 1.94. The van der Waals surface area contributed by atoms with Crippen molar-refractivity contribution < 1.29 is 14.3 Å². The average molecular weight is 299 g/mol. The van der Waals surface area contributed by atoms with Gasteiger partial charge in [-0.15, -0.1) is 0 Å². The molecule has 6 heteroatoms. The first kappa shape index (κ1) is 16.4. The molecule has 110 valence electrons. The van der Waals surface area contributed by atoms with Crippen LogP contribution in [0.25, 0.3) is 0 Å². The summed E-state index contributed by atoms with van der Waals surface area (Å²) in [6.07, 6.45) is 3.13. The van der Waals surface area contributed by atoms with Crippen molar-refractivity contribution in [3.63, 3.8) is 0 Å². The highest BCUT2D eigenvalue weighted by Gasteiger charge is 2.20. The summed E-state index contributed by atoms with van der Waals surface area (Å²) < 4.78 is 4.60. The zero-order chi connectivity index (χ0) is 15.1. The van der Waals surface area contributed by atoms with E-state index in [2.05, 4.69) is 9.72 Å². The molecule has 0 bridgehead atoms. The van der Waals surface area contributed by atoms with Crippen LogP contribution in [0.3, 0.4) is 0 Å². The van der Waals surface area contributed by atoms with Crippen LogP contribution in [0.5, 0.6) is 0 Å². The highest BCUT2D eigenvalue weighted by Crippen LogP contribution is 2.17. The summed E-state index contributed by atoms with van der Waals surface area (Å²) in [5.41, 5.74) is 0.347. The normalized spacial score (nSPS) is 10.4. The standard InChI is InChI=1S/C14H19ClN2O3/c1-10(2)9-17(7-5-13(18)20-3)14(19)11-8-16-6-4-12(11)15/h4,6,8,10H,5,7,9H2,1-3H3. The van der Waals surface area contributed by atoms with Gasteiger partial charge in [0.25, 0.3) is 5.91 Å². The van der Waals surface area contributed by atoms with E-state index in [1.165, 1.54) is 19.5 Å². The molecule has 0 aliphatic rings. The van der Waals surface area contributed by atoms with Crippen LogP contribution in [-0.2, 0) is 9.53 Å². The third-order valence-electron chi connectivity index (χ3n) is 2.68. The molecule has 20 heavy (non-hydrogen) atoms. The van der Waals surface area contributed by atoms with E-state index < -0.39 is 0 Å². The number of esters is 1. The number of methoxy groups -OCH3 is 1. The van der Waals surface area contributed by atoms with Crippen molar-refractivity contribution >= 4 is 23.5 Å². The number of carbonyl (C=O) groups excluding carboxylic acids is 2. The Kier molecular flexibility index (Phi) is 6.45. The Morgan fingerprint density at radius 2 is 2.15 bits per heavy atom. The first-order valence-corrected chi connectivity index (χ1v) is 6.79. The minimum atomic E-state index is -0.344. The highest BCUT2D eigenvalue weighted by atomic mass is 35.5. The van der Waals surface area contributed by atoms with E-state index in [9.17, 15) is 9.59 Å². The Labute approximate surface area is 123 Å². The topological polar surface area (TPSA) is 59.5 Å². The number of aromatic nitrogens is 1. The van der Waals surface area contributed by atoms with E-state index in [0.29, 0.717) is 23.7 Å². The second-order valence-electron chi connectivity index (χ2n) is 4.83. The number of amides is 1. The summed E-state index contributed by atoms with van der Waals surface area (Å²) in [7, 11) is 1.33. The Balaban J connectivity index is 2.84. The molecule has 0 atom stereocenters. The third kappa shape index (κ3) is 4.81. The van der Waals surface area contributed by atoms with Crippen molar-refractivity contribution in [3.05, 3.63) is 29.0 Å². The van der Waals surface area contributed by atoms with Crippen LogP contribution in [0, 0.1) is 5.92 Å². The molecule has 0 saturated heterocycles. The highest BCUT2D eigenvalue weighted by molar-refractivity contribution is 6.33. The molecule has 0 saturated carbocycles. The van der Waals surface area contributed by atoms with Crippen molar-refractivity contribution in [2.24, 2.45) is 5.92 Å². The van der Waals surface area contributed by atoms with Crippen LogP contribution < -0.4 is 0 Å². The SMILES string of the molecule is COC(=O)CCN(CC(C)C)C(=O)c1cnccc1Cl. The largest absolute Gasteiger partial charge is 0.469 e. The minimum absolute atomic E-state index is 0.160. The van der Waals surface area contributed by atoms with Crippen molar-refractivity contribution in [2.75, 3.05) is 20.2 Å². The molecule has 1 heterocycles. The lowest BCUT2D eigenvalue weighted by Gasteiger charge is -2.24. The zero-order valence-corrected chi connectivity index (χ0v) is 12.7. The number of pyridine rings is 1. The van der Waals surface area contributed by atoms with E-state index in [0.717, 1.165) is 0 Å². The van der Waals surface area contributed by atoms with Crippen molar-refractivity contribution in [1.82, 2.24) is 9.88 Å². The van der Waals surface area contributed by atoms with Crippen LogP contribution in [-0.4, -0.2) is 42.0 Å². The van der Waals surface area contributed by atoms with E-state index in [1.807, 2.05) is 13.8 Å². The van der Waals surface area contributed by atoms with Crippen LogP contribution in [0.2, 0.25) is 5.02 Å². The van der Waals surface area contributed by atoms with Gasteiger partial charge in [0.05, 0.1) is 24.1 Å². The van der Waals surface area contributed by atoms with E-state index >= 15 is 0 Å². The van der Waals surface area contributed by atoms with Gasteiger partial charge in [0.15, 0.2) is 0 Å². The Hall–Kier alpha value is -1.62. The van der Waals surface area contributed by atoms with Crippen LogP contribution in [0.1, 0.15) is 30.6 Å². The molecule has 1 rings (SSSR count). The number of halogens is 1. The minimum Gasteiger partial charge on any atom is -0.469 e. The van der Waals surface area contributed by atoms with Gasteiger partial charge >= 0.3 is 5.97 Å². The first-order valence-electron chi connectivity index (χ1n) is 6.41. The molecule has 0 fully saturated rings. The van der Waals surface area contributed by atoms with Gasteiger partial charge in [0, 0.05) is 25.5 Å². The second kappa shape index (κ2) is 7.85. The maximum Gasteiger partial charge on any atom is 0.307 e. The van der Waals surface area contributed by atoms with E-state index in [4.69, 9.17) is 11.6 Å². The number of hydrogen-bond donors (Lipinski definition) is 0. The smallest absolute Gasteiger partial charge is 0.307 e.